The first-order valence-corrected chi connectivity index (χ1v) is 11.1. The summed E-state index contributed by atoms with van der Waals surface area (Å²) in [5.74, 6) is 1.38. The van der Waals surface area contributed by atoms with Crippen molar-refractivity contribution in [2.24, 2.45) is 0 Å². The largest absolute Gasteiger partial charge is 0.424 e. The summed E-state index contributed by atoms with van der Waals surface area (Å²) in [5, 5.41) is 18.5. The monoisotopic (exact) mass is 435 g/mol. The van der Waals surface area contributed by atoms with E-state index in [1.807, 2.05) is 9.80 Å². The molecule has 2 aromatic heterocycles. The van der Waals surface area contributed by atoms with Crippen LogP contribution in [0, 0.1) is 18.3 Å². The van der Waals surface area contributed by atoms with Gasteiger partial charge in [0, 0.05) is 46.2 Å². The molecule has 0 N–H and O–H groups in total. The van der Waals surface area contributed by atoms with E-state index in [-0.39, 0.29) is 5.91 Å². The highest BCUT2D eigenvalue weighted by molar-refractivity contribution is 8.01. The number of aryl methyl sites for hydroxylation is 1. The summed E-state index contributed by atoms with van der Waals surface area (Å²) in [4.78, 5) is 22.6. The van der Waals surface area contributed by atoms with Gasteiger partial charge in [0.2, 0.25) is 22.6 Å². The van der Waals surface area contributed by atoms with Crippen LogP contribution < -0.4 is 9.80 Å². The second kappa shape index (κ2) is 8.98. The lowest BCUT2D eigenvalue weighted by atomic mass is 10.3. The third-order valence-electron chi connectivity index (χ3n) is 4.74. The average Bonchev–Trinajstić information content (AvgIpc) is 3.39. The molecule has 12 heteroatoms. The van der Waals surface area contributed by atoms with Crippen molar-refractivity contribution in [3.8, 4) is 6.07 Å². The van der Waals surface area contributed by atoms with E-state index in [4.69, 9.17) is 9.15 Å². The fraction of sp³-hybridized carbons (Fsp3) is 0.588. The number of nitrogens with zero attached hydrogens (tertiary/aromatic N) is 7. The van der Waals surface area contributed by atoms with Crippen molar-refractivity contribution < 1.29 is 13.9 Å². The summed E-state index contributed by atoms with van der Waals surface area (Å²) < 4.78 is 11.7. The first-order chi connectivity index (χ1) is 14.1. The summed E-state index contributed by atoms with van der Waals surface area (Å²) in [6.07, 6.45) is 0. The number of carbonyl (C=O) groups is 1. The maximum absolute atomic E-state index is 12.6. The number of oxazole rings is 1. The van der Waals surface area contributed by atoms with E-state index < -0.39 is 0 Å². The zero-order valence-corrected chi connectivity index (χ0v) is 17.7. The number of amides is 1. The summed E-state index contributed by atoms with van der Waals surface area (Å²) >= 11 is 2.94. The van der Waals surface area contributed by atoms with Crippen molar-refractivity contribution in [2.75, 3.05) is 68.0 Å². The number of thioether (sulfide) groups is 1. The number of aromatic nitrogens is 3. The van der Waals surface area contributed by atoms with Gasteiger partial charge in [-0.2, -0.15) is 5.26 Å². The van der Waals surface area contributed by atoms with Crippen LogP contribution in [-0.4, -0.2) is 84.2 Å². The Morgan fingerprint density at radius 2 is 1.93 bits per heavy atom. The van der Waals surface area contributed by atoms with Crippen LogP contribution in [0.2, 0.25) is 0 Å². The van der Waals surface area contributed by atoms with Crippen LogP contribution >= 0.6 is 23.1 Å². The zero-order chi connectivity index (χ0) is 20.2. The van der Waals surface area contributed by atoms with Crippen molar-refractivity contribution in [1.29, 1.82) is 5.26 Å². The number of morpholine rings is 1. The van der Waals surface area contributed by atoms with Crippen LogP contribution in [0.1, 0.15) is 11.6 Å². The summed E-state index contributed by atoms with van der Waals surface area (Å²) in [5.41, 5.74) is 0.296. The van der Waals surface area contributed by atoms with Crippen molar-refractivity contribution in [1.82, 2.24) is 20.1 Å². The van der Waals surface area contributed by atoms with Gasteiger partial charge >= 0.3 is 0 Å². The van der Waals surface area contributed by atoms with Gasteiger partial charge in [0.15, 0.2) is 10.2 Å². The van der Waals surface area contributed by atoms with Crippen molar-refractivity contribution in [3.63, 3.8) is 0 Å². The number of hydrogen-bond donors (Lipinski definition) is 0. The average molecular weight is 436 g/mol. The molecule has 4 rings (SSSR count). The molecule has 154 valence electrons. The quantitative estimate of drug-likeness (QED) is 0.630. The molecule has 0 spiro atoms. The minimum absolute atomic E-state index is 0.0760. The molecule has 2 saturated heterocycles. The van der Waals surface area contributed by atoms with Gasteiger partial charge < -0.3 is 23.9 Å². The normalized spacial score (nSPS) is 17.4. The molecule has 2 aliphatic rings. The van der Waals surface area contributed by atoms with E-state index >= 15 is 0 Å². The minimum Gasteiger partial charge on any atom is -0.424 e. The number of ether oxygens (including phenoxy) is 1. The Morgan fingerprint density at radius 1 is 1.17 bits per heavy atom. The Kier molecular flexibility index (Phi) is 6.17. The van der Waals surface area contributed by atoms with E-state index in [0.29, 0.717) is 62.6 Å². The van der Waals surface area contributed by atoms with E-state index in [9.17, 15) is 10.1 Å². The Morgan fingerprint density at radius 3 is 2.66 bits per heavy atom. The number of piperazine rings is 1. The molecule has 0 atom stereocenters. The molecule has 0 bridgehead atoms. The molecule has 2 aromatic rings. The van der Waals surface area contributed by atoms with Crippen LogP contribution in [0.25, 0.3) is 0 Å². The zero-order valence-electron chi connectivity index (χ0n) is 16.0. The molecule has 10 nitrogen and oxygen atoms in total. The second-order valence-corrected chi connectivity index (χ2v) is 8.78. The Balaban J connectivity index is 1.26. The van der Waals surface area contributed by atoms with Crippen molar-refractivity contribution in [2.45, 2.75) is 11.3 Å². The smallest absolute Gasteiger partial charge is 0.234 e. The van der Waals surface area contributed by atoms with Crippen molar-refractivity contribution >= 4 is 40.0 Å². The highest BCUT2D eigenvalue weighted by Gasteiger charge is 2.26. The lowest BCUT2D eigenvalue weighted by Gasteiger charge is -2.34. The molecule has 2 aliphatic heterocycles. The van der Waals surface area contributed by atoms with Crippen LogP contribution in [0.3, 0.4) is 0 Å². The lowest BCUT2D eigenvalue weighted by Crippen LogP contribution is -2.49. The maximum atomic E-state index is 12.6. The predicted octanol–water partition coefficient (Wildman–Crippen LogP) is 0.984. The molecular weight excluding hydrogens is 414 g/mol. The predicted molar refractivity (Wildman–Crippen MR) is 108 cm³/mol. The number of hydrogen-bond acceptors (Lipinski definition) is 11. The molecule has 0 radical (unpaired) electrons. The van der Waals surface area contributed by atoms with E-state index in [2.05, 4.69) is 26.2 Å². The van der Waals surface area contributed by atoms with Crippen LogP contribution in [0.5, 0.6) is 0 Å². The number of nitriles is 1. The lowest BCUT2D eigenvalue weighted by molar-refractivity contribution is -0.128. The van der Waals surface area contributed by atoms with E-state index in [0.717, 1.165) is 22.6 Å². The van der Waals surface area contributed by atoms with E-state index in [1.165, 1.54) is 23.1 Å². The third-order valence-corrected chi connectivity index (χ3v) is 6.84. The number of anilines is 2. The molecule has 0 aromatic carbocycles. The maximum Gasteiger partial charge on any atom is 0.234 e. The Labute approximate surface area is 176 Å². The first kappa shape index (κ1) is 19.9. The topological polar surface area (TPSA) is 112 Å². The molecule has 1 amide bonds. The molecule has 0 unspecified atom stereocenters. The summed E-state index contributed by atoms with van der Waals surface area (Å²) in [7, 11) is 0. The van der Waals surface area contributed by atoms with E-state index in [1.54, 1.807) is 6.92 Å². The molecule has 0 aliphatic carbocycles. The second-order valence-electron chi connectivity index (χ2n) is 6.60. The van der Waals surface area contributed by atoms with Gasteiger partial charge in [0.25, 0.3) is 0 Å². The molecule has 4 heterocycles. The third kappa shape index (κ3) is 4.63. The van der Waals surface area contributed by atoms with Crippen molar-refractivity contribution in [3.05, 3.63) is 11.6 Å². The molecule has 29 heavy (non-hydrogen) atoms. The Bertz CT molecular complexity index is 895. The SMILES string of the molecule is Cc1nc(C#N)c(N2CCN(C(=O)CSc3nnc(N4CCOCC4)s3)CC2)o1. The van der Waals surface area contributed by atoms with Gasteiger partial charge in [-0.1, -0.05) is 23.1 Å². The molecule has 2 fully saturated rings. The van der Waals surface area contributed by atoms with Gasteiger partial charge in [-0.25, -0.2) is 4.98 Å². The fourth-order valence-electron chi connectivity index (χ4n) is 3.22. The van der Waals surface area contributed by atoms with Gasteiger partial charge in [-0.05, 0) is 0 Å². The first-order valence-electron chi connectivity index (χ1n) is 9.33. The fourth-order valence-corrected chi connectivity index (χ4v) is 5.02. The highest BCUT2D eigenvalue weighted by Crippen LogP contribution is 2.29. The van der Waals surface area contributed by atoms with Gasteiger partial charge in [-0.3, -0.25) is 4.79 Å². The number of carbonyl (C=O) groups excluding carboxylic acids is 1. The highest BCUT2D eigenvalue weighted by atomic mass is 32.2. The summed E-state index contributed by atoms with van der Waals surface area (Å²) in [6, 6.07) is 2.06. The van der Waals surface area contributed by atoms with Crippen LogP contribution in [0.15, 0.2) is 8.76 Å². The Hall–Kier alpha value is -2.36. The minimum atomic E-state index is 0.0760. The van der Waals surface area contributed by atoms with Crippen LogP contribution in [0.4, 0.5) is 11.0 Å². The molecule has 0 saturated carbocycles. The summed E-state index contributed by atoms with van der Waals surface area (Å²) in [6.45, 7) is 7.16. The van der Waals surface area contributed by atoms with Gasteiger partial charge in [0.1, 0.15) is 6.07 Å². The number of rotatable bonds is 5. The van der Waals surface area contributed by atoms with Gasteiger partial charge in [0.05, 0.1) is 19.0 Å². The van der Waals surface area contributed by atoms with Gasteiger partial charge in [-0.15, -0.1) is 10.2 Å². The van der Waals surface area contributed by atoms with Crippen LogP contribution in [-0.2, 0) is 9.53 Å². The molecular formula is C17H21N7O3S2. The standard InChI is InChI=1S/C17H21N7O3S2/c1-12-19-13(10-18)15(27-12)23-4-2-22(3-5-23)14(25)11-28-17-21-20-16(29-17)24-6-8-26-9-7-24/h2-9,11H2,1H3.